The van der Waals surface area contributed by atoms with Crippen LogP contribution < -0.4 is 5.32 Å². The largest absolute Gasteiger partial charge is 0.312 e. The maximum atomic E-state index is 3.86. The van der Waals surface area contributed by atoms with E-state index in [2.05, 4.69) is 37.9 Å². The smallest absolute Gasteiger partial charge is 0.0223 e. The minimum Gasteiger partial charge on any atom is -0.312 e. The number of hydrogen-bond donors (Lipinski definition) is 1. The van der Waals surface area contributed by atoms with Crippen molar-refractivity contribution >= 4 is 0 Å². The Morgan fingerprint density at radius 3 is 2.35 bits per heavy atom. The number of nitrogens with zero attached hydrogens (tertiary/aromatic N) is 1. The van der Waals surface area contributed by atoms with Gasteiger partial charge in [0, 0.05) is 18.6 Å². The maximum Gasteiger partial charge on any atom is 0.0223 e. The van der Waals surface area contributed by atoms with Crippen LogP contribution in [0.5, 0.6) is 0 Å². The first-order chi connectivity index (χ1) is 9.72. The first kappa shape index (κ1) is 18.0. The molecule has 0 radical (unpaired) electrons. The number of unbranched alkanes of at least 4 members (excludes halogenated alkanes) is 1. The Labute approximate surface area is 127 Å². The monoisotopic (exact) mass is 282 g/mol. The van der Waals surface area contributed by atoms with Crippen molar-refractivity contribution in [2.24, 2.45) is 5.92 Å². The van der Waals surface area contributed by atoms with Crippen molar-refractivity contribution in [2.45, 2.75) is 91.1 Å². The molecule has 0 saturated heterocycles. The van der Waals surface area contributed by atoms with E-state index in [4.69, 9.17) is 0 Å². The molecule has 1 fully saturated rings. The molecule has 1 saturated carbocycles. The zero-order valence-corrected chi connectivity index (χ0v) is 14.5. The molecule has 0 amide bonds. The highest BCUT2D eigenvalue weighted by molar-refractivity contribution is 4.84. The fraction of sp³-hybridized carbons (Fsp3) is 1.00. The van der Waals surface area contributed by atoms with E-state index in [1.165, 1.54) is 71.0 Å². The molecular formula is C18H38N2. The van der Waals surface area contributed by atoms with Crippen molar-refractivity contribution in [3.05, 3.63) is 0 Å². The molecule has 1 aliphatic rings. The van der Waals surface area contributed by atoms with E-state index in [1.807, 2.05) is 0 Å². The van der Waals surface area contributed by atoms with E-state index >= 15 is 0 Å². The number of nitrogens with one attached hydrogen (secondary N) is 1. The molecule has 0 aliphatic heterocycles. The Hall–Kier alpha value is -0.0800. The van der Waals surface area contributed by atoms with Crippen LogP contribution in [0.2, 0.25) is 0 Å². The second kappa shape index (κ2) is 10.6. The molecule has 2 unspecified atom stereocenters. The third-order valence-electron chi connectivity index (χ3n) is 5.07. The SMILES string of the molecule is CCCCN(CC(NCCC)C1CCCC1)C(C)CC. The minimum absolute atomic E-state index is 0.725. The van der Waals surface area contributed by atoms with Crippen LogP contribution in [0.1, 0.15) is 79.1 Å². The molecule has 0 aromatic carbocycles. The highest BCUT2D eigenvalue weighted by Crippen LogP contribution is 2.28. The van der Waals surface area contributed by atoms with Gasteiger partial charge in [-0.15, -0.1) is 0 Å². The molecular weight excluding hydrogens is 244 g/mol. The molecule has 2 atom stereocenters. The highest BCUT2D eigenvalue weighted by atomic mass is 15.2. The fourth-order valence-electron chi connectivity index (χ4n) is 3.43. The molecule has 1 N–H and O–H groups in total. The van der Waals surface area contributed by atoms with Gasteiger partial charge in [-0.05, 0) is 58.0 Å². The summed E-state index contributed by atoms with van der Waals surface area (Å²) in [5.41, 5.74) is 0. The number of rotatable bonds is 11. The summed E-state index contributed by atoms with van der Waals surface area (Å²) < 4.78 is 0. The summed E-state index contributed by atoms with van der Waals surface area (Å²) in [6, 6.07) is 1.46. The van der Waals surface area contributed by atoms with E-state index in [1.54, 1.807) is 0 Å². The van der Waals surface area contributed by atoms with Gasteiger partial charge in [-0.25, -0.2) is 0 Å². The molecule has 0 aromatic rings. The Morgan fingerprint density at radius 1 is 1.10 bits per heavy atom. The summed E-state index contributed by atoms with van der Waals surface area (Å²) in [5.74, 6) is 0.926. The molecule has 2 heteroatoms. The molecule has 0 aromatic heterocycles. The van der Waals surface area contributed by atoms with Crippen LogP contribution in [0, 0.1) is 5.92 Å². The molecule has 0 bridgehead atoms. The summed E-state index contributed by atoms with van der Waals surface area (Å²) in [6.07, 6.45) is 11.0. The molecule has 0 heterocycles. The lowest BCUT2D eigenvalue weighted by Gasteiger charge is -2.35. The standard InChI is InChI=1S/C18H38N2/c1-5-8-14-20(16(4)7-3)15-18(19-13-6-2)17-11-9-10-12-17/h16-19H,5-15H2,1-4H3. The van der Waals surface area contributed by atoms with Crippen molar-refractivity contribution in [3.63, 3.8) is 0 Å². The van der Waals surface area contributed by atoms with E-state index in [9.17, 15) is 0 Å². The molecule has 2 nitrogen and oxygen atoms in total. The van der Waals surface area contributed by atoms with Gasteiger partial charge in [0.25, 0.3) is 0 Å². The van der Waals surface area contributed by atoms with Crippen molar-refractivity contribution < 1.29 is 0 Å². The Morgan fingerprint density at radius 2 is 1.80 bits per heavy atom. The average Bonchev–Trinajstić information content (AvgIpc) is 3.00. The zero-order valence-electron chi connectivity index (χ0n) is 14.5. The van der Waals surface area contributed by atoms with E-state index < -0.39 is 0 Å². The van der Waals surface area contributed by atoms with Gasteiger partial charge in [0.05, 0.1) is 0 Å². The van der Waals surface area contributed by atoms with Crippen LogP contribution in [0.3, 0.4) is 0 Å². The Balaban J connectivity index is 2.56. The van der Waals surface area contributed by atoms with Crippen LogP contribution in [0.15, 0.2) is 0 Å². The van der Waals surface area contributed by atoms with Crippen LogP contribution in [-0.2, 0) is 0 Å². The van der Waals surface area contributed by atoms with Crippen molar-refractivity contribution in [1.29, 1.82) is 0 Å². The zero-order chi connectivity index (χ0) is 14.8. The van der Waals surface area contributed by atoms with Gasteiger partial charge in [0.1, 0.15) is 0 Å². The molecule has 120 valence electrons. The van der Waals surface area contributed by atoms with Crippen LogP contribution in [-0.4, -0.2) is 36.6 Å². The predicted molar refractivity (Wildman–Crippen MR) is 90.3 cm³/mol. The normalized spacial score (nSPS) is 19.6. The van der Waals surface area contributed by atoms with E-state index in [-0.39, 0.29) is 0 Å². The van der Waals surface area contributed by atoms with Gasteiger partial charge in [-0.1, -0.05) is 40.0 Å². The van der Waals surface area contributed by atoms with E-state index in [0.717, 1.165) is 18.0 Å². The topological polar surface area (TPSA) is 15.3 Å². The Kier molecular flexibility index (Phi) is 9.54. The first-order valence-electron chi connectivity index (χ1n) is 9.20. The van der Waals surface area contributed by atoms with Gasteiger partial charge in [0.2, 0.25) is 0 Å². The second-order valence-corrected chi connectivity index (χ2v) is 6.71. The summed E-state index contributed by atoms with van der Waals surface area (Å²) >= 11 is 0. The predicted octanol–water partition coefficient (Wildman–Crippen LogP) is 4.45. The second-order valence-electron chi connectivity index (χ2n) is 6.71. The van der Waals surface area contributed by atoms with Gasteiger partial charge in [0.15, 0.2) is 0 Å². The molecule has 1 aliphatic carbocycles. The van der Waals surface area contributed by atoms with Gasteiger partial charge < -0.3 is 5.32 Å². The summed E-state index contributed by atoms with van der Waals surface area (Å²) in [6.45, 7) is 13.0. The van der Waals surface area contributed by atoms with Crippen LogP contribution in [0.25, 0.3) is 0 Å². The summed E-state index contributed by atoms with van der Waals surface area (Å²) in [5, 5.41) is 3.86. The van der Waals surface area contributed by atoms with Crippen molar-refractivity contribution in [2.75, 3.05) is 19.6 Å². The quantitative estimate of drug-likeness (QED) is 0.602. The van der Waals surface area contributed by atoms with Crippen LogP contribution in [0.4, 0.5) is 0 Å². The van der Waals surface area contributed by atoms with Gasteiger partial charge in [-0.2, -0.15) is 0 Å². The number of hydrogen-bond acceptors (Lipinski definition) is 2. The lowest BCUT2D eigenvalue weighted by Crippen LogP contribution is -2.48. The van der Waals surface area contributed by atoms with E-state index in [0.29, 0.717) is 0 Å². The third kappa shape index (κ3) is 6.13. The Bertz CT molecular complexity index is 223. The minimum atomic E-state index is 0.725. The van der Waals surface area contributed by atoms with Gasteiger partial charge >= 0.3 is 0 Å². The van der Waals surface area contributed by atoms with Crippen LogP contribution >= 0.6 is 0 Å². The van der Waals surface area contributed by atoms with Crippen molar-refractivity contribution in [3.8, 4) is 0 Å². The summed E-state index contributed by atoms with van der Waals surface area (Å²) in [4.78, 5) is 2.75. The molecule has 20 heavy (non-hydrogen) atoms. The fourth-order valence-corrected chi connectivity index (χ4v) is 3.43. The summed E-state index contributed by atoms with van der Waals surface area (Å²) in [7, 11) is 0. The maximum absolute atomic E-state index is 3.86. The van der Waals surface area contributed by atoms with Crippen molar-refractivity contribution in [1.82, 2.24) is 10.2 Å². The third-order valence-corrected chi connectivity index (χ3v) is 5.07. The molecule has 0 spiro atoms. The molecule has 1 rings (SSSR count). The average molecular weight is 283 g/mol. The van der Waals surface area contributed by atoms with Gasteiger partial charge in [-0.3, -0.25) is 4.90 Å². The lowest BCUT2D eigenvalue weighted by atomic mass is 9.96. The first-order valence-corrected chi connectivity index (χ1v) is 9.20. The lowest BCUT2D eigenvalue weighted by molar-refractivity contribution is 0.158. The highest BCUT2D eigenvalue weighted by Gasteiger charge is 2.27.